The molecule has 122 valence electrons. The van der Waals surface area contributed by atoms with E-state index in [9.17, 15) is 0 Å². The van der Waals surface area contributed by atoms with Crippen LogP contribution in [0.25, 0.3) is 0 Å². The molecule has 0 aliphatic rings. The fourth-order valence-corrected chi connectivity index (χ4v) is 3.62. The van der Waals surface area contributed by atoms with Gasteiger partial charge in [0.1, 0.15) is 0 Å². The minimum absolute atomic E-state index is 0.123. The number of hydrogen-bond donors (Lipinski definition) is 1. The van der Waals surface area contributed by atoms with Crippen molar-refractivity contribution in [3.8, 4) is 0 Å². The lowest BCUT2D eigenvalue weighted by atomic mass is 9.85. The van der Waals surface area contributed by atoms with E-state index in [4.69, 9.17) is 4.74 Å². The first-order valence-corrected chi connectivity index (χ1v) is 8.80. The van der Waals surface area contributed by atoms with Crippen LogP contribution >= 0.6 is 15.9 Å². The van der Waals surface area contributed by atoms with Gasteiger partial charge in [0.05, 0.1) is 21.5 Å². The van der Waals surface area contributed by atoms with Crippen molar-refractivity contribution in [3.63, 3.8) is 0 Å². The molecule has 1 N–H and O–H groups in total. The Morgan fingerprint density at radius 2 is 1.90 bits per heavy atom. The lowest BCUT2D eigenvalue weighted by molar-refractivity contribution is -0.0719. The highest BCUT2D eigenvalue weighted by atomic mass is 79.9. The molecule has 1 atom stereocenters. The van der Waals surface area contributed by atoms with E-state index in [1.165, 1.54) is 5.69 Å². The van der Waals surface area contributed by atoms with Crippen molar-refractivity contribution in [2.75, 3.05) is 13.2 Å². The van der Waals surface area contributed by atoms with Crippen LogP contribution in [-0.2, 0) is 18.2 Å². The Morgan fingerprint density at radius 3 is 2.29 bits per heavy atom. The van der Waals surface area contributed by atoms with Crippen LogP contribution < -0.4 is 5.32 Å². The van der Waals surface area contributed by atoms with Crippen LogP contribution in [0.4, 0.5) is 0 Å². The Kier molecular flexibility index (Phi) is 7.37. The number of nitrogens with one attached hydrogen (secondary N) is 1. The normalized spacial score (nSPS) is 13.7. The second-order valence-electron chi connectivity index (χ2n) is 5.49. The van der Waals surface area contributed by atoms with Crippen LogP contribution in [0.3, 0.4) is 0 Å². The third-order valence-electron chi connectivity index (χ3n) is 4.37. The van der Waals surface area contributed by atoms with E-state index < -0.39 is 0 Å². The molecule has 4 nitrogen and oxygen atoms in total. The minimum Gasteiger partial charge on any atom is -0.374 e. The maximum atomic E-state index is 6.19. The zero-order chi connectivity index (χ0) is 16.0. The van der Waals surface area contributed by atoms with Gasteiger partial charge in [0.15, 0.2) is 0 Å². The monoisotopic (exact) mass is 359 g/mol. The maximum absolute atomic E-state index is 6.19. The Bertz CT molecular complexity index is 441. The van der Waals surface area contributed by atoms with Gasteiger partial charge in [0.25, 0.3) is 0 Å². The first-order chi connectivity index (χ1) is 9.95. The summed E-state index contributed by atoms with van der Waals surface area (Å²) in [5, 5.41) is 8.14. The van der Waals surface area contributed by atoms with Gasteiger partial charge < -0.3 is 10.1 Å². The van der Waals surface area contributed by atoms with Crippen molar-refractivity contribution in [2.45, 2.75) is 65.5 Å². The Balaban J connectivity index is 3.10. The van der Waals surface area contributed by atoms with Crippen molar-refractivity contribution >= 4 is 15.9 Å². The molecular formula is C16H30BrN3O. The first kappa shape index (κ1) is 18.7. The largest absolute Gasteiger partial charge is 0.374 e. The fourth-order valence-electron chi connectivity index (χ4n) is 3.12. The molecule has 0 saturated carbocycles. The molecule has 0 aliphatic heterocycles. The average Bonchev–Trinajstić information content (AvgIpc) is 2.71. The molecule has 0 aromatic carbocycles. The summed E-state index contributed by atoms with van der Waals surface area (Å²) in [5.41, 5.74) is 2.14. The van der Waals surface area contributed by atoms with Crippen molar-refractivity contribution in [1.82, 2.24) is 15.1 Å². The molecule has 0 saturated heterocycles. The van der Waals surface area contributed by atoms with Gasteiger partial charge in [0.2, 0.25) is 0 Å². The standard InChI is InChI=1S/C16H30BrN3O/c1-7-16(8-2,21-10-4)14(18-9-3)11-13-15(17)12(5)19-20(13)6/h14,18H,7-11H2,1-6H3. The van der Waals surface area contributed by atoms with E-state index in [1.807, 2.05) is 18.7 Å². The van der Waals surface area contributed by atoms with Crippen LogP contribution in [0.15, 0.2) is 4.47 Å². The van der Waals surface area contributed by atoms with Gasteiger partial charge in [-0.1, -0.05) is 20.8 Å². The molecule has 1 rings (SSSR count). The first-order valence-electron chi connectivity index (χ1n) is 8.00. The zero-order valence-electron chi connectivity index (χ0n) is 14.3. The second kappa shape index (κ2) is 8.30. The molecule has 0 bridgehead atoms. The minimum atomic E-state index is -0.123. The van der Waals surface area contributed by atoms with Gasteiger partial charge in [-0.15, -0.1) is 0 Å². The number of nitrogens with zero attached hydrogens (tertiary/aromatic N) is 2. The van der Waals surface area contributed by atoms with Gasteiger partial charge in [-0.2, -0.15) is 5.10 Å². The van der Waals surface area contributed by atoms with Gasteiger partial charge in [-0.25, -0.2) is 0 Å². The van der Waals surface area contributed by atoms with Gasteiger partial charge >= 0.3 is 0 Å². The molecule has 1 heterocycles. The third kappa shape index (κ3) is 4.08. The Morgan fingerprint density at radius 1 is 1.29 bits per heavy atom. The number of ether oxygens (including phenoxy) is 1. The lowest BCUT2D eigenvalue weighted by Crippen LogP contribution is -2.53. The molecule has 0 aliphatic carbocycles. The molecule has 0 amide bonds. The molecular weight excluding hydrogens is 330 g/mol. The third-order valence-corrected chi connectivity index (χ3v) is 5.40. The number of rotatable bonds is 9. The van der Waals surface area contributed by atoms with Crippen molar-refractivity contribution in [2.24, 2.45) is 7.05 Å². The number of halogens is 1. The van der Waals surface area contributed by atoms with Crippen molar-refractivity contribution in [3.05, 3.63) is 15.9 Å². The molecule has 5 heteroatoms. The number of hydrogen-bond acceptors (Lipinski definition) is 3. The van der Waals surface area contributed by atoms with Gasteiger partial charge in [-0.3, -0.25) is 4.68 Å². The SMILES string of the molecule is CCNC(Cc1c(Br)c(C)nn1C)C(CC)(CC)OCC. The highest BCUT2D eigenvalue weighted by molar-refractivity contribution is 9.10. The van der Waals surface area contributed by atoms with E-state index in [0.717, 1.165) is 42.6 Å². The highest BCUT2D eigenvalue weighted by Gasteiger charge is 2.37. The van der Waals surface area contributed by atoms with Crippen LogP contribution in [-0.4, -0.2) is 34.6 Å². The van der Waals surface area contributed by atoms with E-state index in [-0.39, 0.29) is 11.6 Å². The molecule has 21 heavy (non-hydrogen) atoms. The summed E-state index contributed by atoms with van der Waals surface area (Å²) >= 11 is 3.68. The van der Waals surface area contributed by atoms with Crippen molar-refractivity contribution < 1.29 is 4.74 Å². The van der Waals surface area contributed by atoms with Crippen LogP contribution in [0.5, 0.6) is 0 Å². The highest BCUT2D eigenvalue weighted by Crippen LogP contribution is 2.30. The summed E-state index contributed by atoms with van der Waals surface area (Å²) in [6.45, 7) is 12.4. The predicted molar refractivity (Wildman–Crippen MR) is 91.8 cm³/mol. The molecule has 1 unspecified atom stereocenters. The summed E-state index contributed by atoms with van der Waals surface area (Å²) in [6.07, 6.45) is 2.92. The topological polar surface area (TPSA) is 39.1 Å². The van der Waals surface area contributed by atoms with E-state index in [0.29, 0.717) is 0 Å². The van der Waals surface area contributed by atoms with Gasteiger partial charge in [-0.05, 0) is 49.2 Å². The number of aromatic nitrogens is 2. The molecule has 0 spiro atoms. The predicted octanol–water partition coefficient (Wildman–Crippen LogP) is 3.61. The van der Waals surface area contributed by atoms with Crippen LogP contribution in [0, 0.1) is 6.92 Å². The Hall–Kier alpha value is -0.390. The lowest BCUT2D eigenvalue weighted by Gasteiger charge is -2.40. The molecule has 0 fully saturated rings. The zero-order valence-corrected chi connectivity index (χ0v) is 15.9. The maximum Gasteiger partial charge on any atom is 0.0833 e. The number of likely N-dealkylation sites (N-methyl/N-ethyl adjacent to an activating group) is 1. The summed E-state index contributed by atoms with van der Waals surface area (Å²) in [7, 11) is 2.01. The summed E-state index contributed by atoms with van der Waals surface area (Å²) in [4.78, 5) is 0. The number of aryl methyl sites for hydroxylation is 2. The quantitative estimate of drug-likeness (QED) is 0.731. The van der Waals surface area contributed by atoms with E-state index in [2.05, 4.69) is 54.0 Å². The summed E-state index contributed by atoms with van der Waals surface area (Å²) < 4.78 is 9.29. The Labute approximate surface area is 137 Å². The second-order valence-corrected chi connectivity index (χ2v) is 6.28. The molecule has 0 radical (unpaired) electrons. The fraction of sp³-hybridized carbons (Fsp3) is 0.812. The molecule has 1 aromatic heterocycles. The summed E-state index contributed by atoms with van der Waals surface area (Å²) in [6, 6.07) is 0.281. The van der Waals surface area contributed by atoms with Crippen LogP contribution in [0.2, 0.25) is 0 Å². The van der Waals surface area contributed by atoms with E-state index in [1.54, 1.807) is 0 Å². The van der Waals surface area contributed by atoms with Gasteiger partial charge in [0, 0.05) is 26.1 Å². The summed E-state index contributed by atoms with van der Waals surface area (Å²) in [5.74, 6) is 0. The van der Waals surface area contributed by atoms with Crippen molar-refractivity contribution in [1.29, 1.82) is 0 Å². The van der Waals surface area contributed by atoms with E-state index >= 15 is 0 Å². The smallest absolute Gasteiger partial charge is 0.0833 e. The molecule has 1 aromatic rings. The van der Waals surface area contributed by atoms with Crippen LogP contribution in [0.1, 0.15) is 51.9 Å². The average molecular weight is 360 g/mol.